The Kier molecular flexibility index (Phi) is 3.79. The second kappa shape index (κ2) is 5.58. The van der Waals surface area contributed by atoms with Gasteiger partial charge in [0.2, 0.25) is 0 Å². The average Bonchev–Trinajstić information content (AvgIpc) is 2.73. The Labute approximate surface area is 131 Å². The summed E-state index contributed by atoms with van der Waals surface area (Å²) in [6, 6.07) is 10.3. The van der Waals surface area contributed by atoms with Crippen LogP contribution < -0.4 is 5.32 Å². The zero-order valence-electron chi connectivity index (χ0n) is 11.2. The first-order chi connectivity index (χ1) is 10.1. The average molecular weight is 324 g/mol. The van der Waals surface area contributed by atoms with E-state index in [-0.39, 0.29) is 10.0 Å². The van der Waals surface area contributed by atoms with E-state index in [2.05, 4.69) is 5.32 Å². The third kappa shape index (κ3) is 2.71. The number of para-hydroxylation sites is 1. The van der Waals surface area contributed by atoms with Crippen molar-refractivity contribution in [3.05, 3.63) is 63.6 Å². The molecule has 0 saturated heterocycles. The van der Waals surface area contributed by atoms with Crippen molar-refractivity contribution in [3.63, 3.8) is 0 Å². The van der Waals surface area contributed by atoms with Crippen molar-refractivity contribution in [2.75, 3.05) is 5.32 Å². The highest BCUT2D eigenvalue weighted by atomic mass is 35.5. The fourth-order valence-corrected chi connectivity index (χ4v) is 2.92. The van der Waals surface area contributed by atoms with Gasteiger partial charge >= 0.3 is 0 Å². The molecule has 1 heterocycles. The first-order valence-corrected chi connectivity index (χ1v) is 7.17. The number of anilines is 1. The molecule has 0 fully saturated rings. The third-order valence-electron chi connectivity index (χ3n) is 3.35. The van der Waals surface area contributed by atoms with Crippen molar-refractivity contribution in [1.82, 2.24) is 0 Å². The molecule has 1 aromatic heterocycles. The Bertz CT molecular complexity index is 790. The number of halogens is 3. The third-order valence-corrected chi connectivity index (χ3v) is 3.95. The monoisotopic (exact) mass is 323 g/mol. The number of nitrogens with one attached hydrogen (secondary N) is 1. The van der Waals surface area contributed by atoms with Crippen molar-refractivity contribution in [3.8, 4) is 0 Å². The molecular weight excluding hydrogens is 312 g/mol. The first-order valence-electron chi connectivity index (χ1n) is 6.41. The molecule has 0 amide bonds. The van der Waals surface area contributed by atoms with E-state index in [1.165, 1.54) is 12.1 Å². The molecule has 2 nitrogen and oxygen atoms in total. The molecule has 0 atom stereocenters. The smallest absolute Gasteiger partial charge is 0.134 e. The van der Waals surface area contributed by atoms with E-state index in [4.69, 9.17) is 27.6 Å². The molecule has 0 aliphatic heterocycles. The fraction of sp³-hybridized carbons (Fsp3) is 0.125. The predicted molar refractivity (Wildman–Crippen MR) is 84.7 cm³/mol. The number of furan rings is 1. The van der Waals surface area contributed by atoms with Crippen molar-refractivity contribution >= 4 is 39.9 Å². The fourth-order valence-electron chi connectivity index (χ4n) is 2.33. The molecule has 21 heavy (non-hydrogen) atoms. The van der Waals surface area contributed by atoms with Crippen molar-refractivity contribution in [2.24, 2.45) is 0 Å². The van der Waals surface area contributed by atoms with Gasteiger partial charge in [0.1, 0.15) is 17.2 Å². The Balaban J connectivity index is 1.92. The molecule has 5 heteroatoms. The number of rotatable bonds is 3. The van der Waals surface area contributed by atoms with Gasteiger partial charge < -0.3 is 9.73 Å². The van der Waals surface area contributed by atoms with Crippen LogP contribution in [0.5, 0.6) is 0 Å². The van der Waals surface area contributed by atoms with Gasteiger partial charge in [0.25, 0.3) is 0 Å². The van der Waals surface area contributed by atoms with Crippen LogP contribution in [0.15, 0.2) is 40.8 Å². The molecule has 2 aromatic carbocycles. The second-order valence-electron chi connectivity index (χ2n) is 4.73. The zero-order chi connectivity index (χ0) is 15.0. The summed E-state index contributed by atoms with van der Waals surface area (Å²) in [7, 11) is 0. The Morgan fingerprint density at radius 1 is 1.14 bits per heavy atom. The number of fused-ring (bicyclic) bond motifs is 1. The van der Waals surface area contributed by atoms with Crippen molar-refractivity contribution < 1.29 is 8.81 Å². The van der Waals surface area contributed by atoms with E-state index in [9.17, 15) is 4.39 Å². The van der Waals surface area contributed by atoms with E-state index in [1.807, 2.05) is 31.2 Å². The highest BCUT2D eigenvalue weighted by molar-refractivity contribution is 6.39. The van der Waals surface area contributed by atoms with Gasteiger partial charge in [-0.15, -0.1) is 0 Å². The minimum atomic E-state index is -0.458. The highest BCUT2D eigenvalue weighted by Gasteiger charge is 2.13. The van der Waals surface area contributed by atoms with E-state index in [0.717, 1.165) is 22.3 Å². The number of hydrogen-bond acceptors (Lipinski definition) is 2. The standard InChI is InChI=1S/C16H12Cl2FNO/c1-9-12(11-4-2-3-5-15(11)21-9)8-20-16-13(17)6-10(19)7-14(16)18/h2-7,20H,8H2,1H3. The van der Waals surface area contributed by atoms with Gasteiger partial charge in [0.15, 0.2) is 0 Å². The minimum absolute atomic E-state index is 0.255. The SMILES string of the molecule is Cc1oc2ccccc2c1CNc1c(Cl)cc(F)cc1Cl. The van der Waals surface area contributed by atoms with Crippen LogP contribution in [0.4, 0.5) is 10.1 Å². The number of aryl methyl sites for hydroxylation is 1. The van der Waals surface area contributed by atoms with E-state index in [0.29, 0.717) is 12.2 Å². The molecule has 0 aliphatic carbocycles. The van der Waals surface area contributed by atoms with E-state index in [1.54, 1.807) is 0 Å². The molecule has 0 bridgehead atoms. The topological polar surface area (TPSA) is 25.2 Å². The van der Waals surface area contributed by atoms with Gasteiger partial charge in [-0.3, -0.25) is 0 Å². The number of hydrogen-bond donors (Lipinski definition) is 1. The summed E-state index contributed by atoms with van der Waals surface area (Å²) in [5, 5.41) is 4.70. The minimum Gasteiger partial charge on any atom is -0.461 e. The molecule has 0 aliphatic rings. The molecule has 0 radical (unpaired) electrons. The zero-order valence-corrected chi connectivity index (χ0v) is 12.7. The second-order valence-corrected chi connectivity index (χ2v) is 5.55. The Morgan fingerprint density at radius 2 is 1.81 bits per heavy atom. The lowest BCUT2D eigenvalue weighted by Gasteiger charge is -2.10. The molecule has 0 spiro atoms. The van der Waals surface area contributed by atoms with Gasteiger partial charge in [-0.1, -0.05) is 41.4 Å². The molecule has 1 N–H and O–H groups in total. The molecule has 3 rings (SSSR count). The van der Waals surface area contributed by atoms with Crippen LogP contribution in [0.2, 0.25) is 10.0 Å². The molecular formula is C16H12Cl2FNO. The van der Waals surface area contributed by atoms with Crippen LogP contribution in [0.25, 0.3) is 11.0 Å². The van der Waals surface area contributed by atoms with Crippen LogP contribution in [-0.2, 0) is 6.54 Å². The highest BCUT2D eigenvalue weighted by Crippen LogP contribution is 2.33. The first kappa shape index (κ1) is 14.2. The van der Waals surface area contributed by atoms with Gasteiger partial charge in [-0.25, -0.2) is 4.39 Å². The van der Waals surface area contributed by atoms with Crippen molar-refractivity contribution in [2.45, 2.75) is 13.5 Å². The summed E-state index contributed by atoms with van der Waals surface area (Å²) in [4.78, 5) is 0. The maximum absolute atomic E-state index is 13.2. The molecule has 3 aromatic rings. The number of benzene rings is 2. The summed E-state index contributed by atoms with van der Waals surface area (Å²) in [5.74, 6) is 0.374. The summed E-state index contributed by atoms with van der Waals surface area (Å²) >= 11 is 12.0. The van der Waals surface area contributed by atoms with Gasteiger partial charge in [0.05, 0.1) is 15.7 Å². The van der Waals surface area contributed by atoms with Crippen molar-refractivity contribution in [1.29, 1.82) is 0 Å². The van der Waals surface area contributed by atoms with Crippen LogP contribution in [0, 0.1) is 12.7 Å². The van der Waals surface area contributed by atoms with E-state index < -0.39 is 5.82 Å². The van der Waals surface area contributed by atoms with Crippen LogP contribution in [0.1, 0.15) is 11.3 Å². The van der Waals surface area contributed by atoms with Gasteiger partial charge in [-0.2, -0.15) is 0 Å². The van der Waals surface area contributed by atoms with Crippen LogP contribution in [-0.4, -0.2) is 0 Å². The van der Waals surface area contributed by atoms with Gasteiger partial charge in [0, 0.05) is 17.5 Å². The van der Waals surface area contributed by atoms with Crippen LogP contribution >= 0.6 is 23.2 Å². The Hall–Kier alpha value is -1.71. The summed E-state index contributed by atoms with van der Waals surface area (Å²) in [5.41, 5.74) is 2.38. The molecule has 0 saturated carbocycles. The quantitative estimate of drug-likeness (QED) is 0.659. The summed E-state index contributed by atoms with van der Waals surface area (Å²) in [6.07, 6.45) is 0. The lowest BCUT2D eigenvalue weighted by molar-refractivity contribution is 0.573. The van der Waals surface area contributed by atoms with Crippen LogP contribution in [0.3, 0.4) is 0 Å². The normalized spacial score (nSPS) is 11.0. The molecule has 0 unspecified atom stereocenters. The lowest BCUT2D eigenvalue weighted by Crippen LogP contribution is -2.01. The predicted octanol–water partition coefficient (Wildman–Crippen LogP) is 5.80. The maximum Gasteiger partial charge on any atom is 0.134 e. The van der Waals surface area contributed by atoms with E-state index >= 15 is 0 Å². The maximum atomic E-state index is 13.2. The lowest BCUT2D eigenvalue weighted by atomic mass is 10.1. The largest absolute Gasteiger partial charge is 0.461 e. The van der Waals surface area contributed by atoms with Gasteiger partial charge in [-0.05, 0) is 25.1 Å². The summed E-state index contributed by atoms with van der Waals surface area (Å²) in [6.45, 7) is 2.40. The molecule has 108 valence electrons. The Morgan fingerprint density at radius 3 is 2.52 bits per heavy atom. The summed E-state index contributed by atoms with van der Waals surface area (Å²) < 4.78 is 18.9.